The summed E-state index contributed by atoms with van der Waals surface area (Å²) >= 11 is 0. The molecule has 0 atom stereocenters. The SMILES string of the molecule is C1=Cc2ccccc2NO1.C1=Nc2ccccc2CO1.[HH]. The van der Waals surface area contributed by atoms with Gasteiger partial charge in [-0.25, -0.2) is 10.5 Å². The minimum absolute atomic E-state index is 0. The Morgan fingerprint density at radius 2 is 1.90 bits per heavy atom. The van der Waals surface area contributed by atoms with Gasteiger partial charge in [-0.05, 0) is 18.2 Å². The van der Waals surface area contributed by atoms with E-state index in [0.29, 0.717) is 6.61 Å². The molecule has 2 heterocycles. The first-order chi connectivity index (χ1) is 9.93. The van der Waals surface area contributed by atoms with Crippen LogP contribution in [0.4, 0.5) is 11.4 Å². The summed E-state index contributed by atoms with van der Waals surface area (Å²) in [5.74, 6) is 0. The van der Waals surface area contributed by atoms with Gasteiger partial charge in [0.25, 0.3) is 0 Å². The van der Waals surface area contributed by atoms with Crippen LogP contribution in [0, 0.1) is 0 Å². The van der Waals surface area contributed by atoms with Crippen LogP contribution in [-0.2, 0) is 16.2 Å². The molecule has 0 aliphatic carbocycles. The van der Waals surface area contributed by atoms with Crippen LogP contribution in [0.2, 0.25) is 0 Å². The maximum absolute atomic E-state index is 5.00. The highest BCUT2D eigenvalue weighted by Crippen LogP contribution is 2.21. The third kappa shape index (κ3) is 2.80. The number of para-hydroxylation sites is 2. The molecule has 0 unspecified atom stereocenters. The second-order valence-corrected chi connectivity index (χ2v) is 4.28. The Kier molecular flexibility index (Phi) is 3.64. The summed E-state index contributed by atoms with van der Waals surface area (Å²) in [4.78, 5) is 8.91. The quantitative estimate of drug-likeness (QED) is 0.781. The molecule has 20 heavy (non-hydrogen) atoms. The first-order valence-corrected chi connectivity index (χ1v) is 6.33. The van der Waals surface area contributed by atoms with E-state index in [4.69, 9.17) is 9.57 Å². The Balaban J connectivity index is 0.000000147. The number of hydrogen-bond donors (Lipinski definition) is 1. The maximum atomic E-state index is 5.00. The summed E-state index contributed by atoms with van der Waals surface area (Å²) in [5.41, 5.74) is 7.13. The van der Waals surface area contributed by atoms with E-state index in [1.54, 1.807) is 6.26 Å². The van der Waals surface area contributed by atoms with Gasteiger partial charge in [-0.3, -0.25) is 0 Å². The highest BCUT2D eigenvalue weighted by atomic mass is 16.6. The van der Waals surface area contributed by atoms with Crippen LogP contribution in [-0.4, -0.2) is 6.40 Å². The van der Waals surface area contributed by atoms with Crippen LogP contribution in [0.25, 0.3) is 6.08 Å². The molecule has 4 nitrogen and oxygen atoms in total. The van der Waals surface area contributed by atoms with Gasteiger partial charge in [0.2, 0.25) is 0 Å². The molecule has 2 aromatic rings. The average molecular weight is 268 g/mol. The molecule has 0 saturated carbocycles. The number of aliphatic imine (C=N–C) groups is 1. The minimum atomic E-state index is 0. The Bertz CT molecular complexity index is 599. The third-order valence-electron chi connectivity index (χ3n) is 2.94. The normalized spacial score (nSPS) is 13.6. The Labute approximate surface area is 118 Å². The van der Waals surface area contributed by atoms with E-state index in [2.05, 4.69) is 10.5 Å². The molecule has 0 spiro atoms. The molecule has 0 fully saturated rings. The first-order valence-electron chi connectivity index (χ1n) is 6.33. The molecular formula is C16H16N2O2. The number of anilines is 1. The molecule has 0 bridgehead atoms. The summed E-state index contributed by atoms with van der Waals surface area (Å²) in [5, 5.41) is 0. The Morgan fingerprint density at radius 1 is 1.05 bits per heavy atom. The predicted octanol–water partition coefficient (Wildman–Crippen LogP) is 4.14. The third-order valence-corrected chi connectivity index (χ3v) is 2.94. The van der Waals surface area contributed by atoms with Gasteiger partial charge in [0.1, 0.15) is 12.9 Å². The number of benzene rings is 2. The van der Waals surface area contributed by atoms with Crippen molar-refractivity contribution in [2.24, 2.45) is 4.99 Å². The molecule has 0 saturated heterocycles. The predicted molar refractivity (Wildman–Crippen MR) is 81.7 cm³/mol. The summed E-state index contributed by atoms with van der Waals surface area (Å²) in [7, 11) is 0. The molecular weight excluding hydrogens is 252 g/mol. The van der Waals surface area contributed by atoms with Crippen molar-refractivity contribution in [3.63, 3.8) is 0 Å². The second kappa shape index (κ2) is 5.93. The zero-order valence-electron chi connectivity index (χ0n) is 10.8. The van der Waals surface area contributed by atoms with Crippen LogP contribution in [0.1, 0.15) is 12.6 Å². The van der Waals surface area contributed by atoms with Gasteiger partial charge in [0.05, 0.1) is 11.4 Å². The average Bonchev–Trinajstić information content (AvgIpc) is 2.56. The van der Waals surface area contributed by atoms with Crippen molar-refractivity contribution in [2.45, 2.75) is 6.61 Å². The molecule has 0 aromatic heterocycles. The number of ether oxygens (including phenoxy) is 1. The van der Waals surface area contributed by atoms with Gasteiger partial charge in [-0.15, -0.1) is 0 Å². The topological polar surface area (TPSA) is 42.8 Å². The van der Waals surface area contributed by atoms with Crippen molar-refractivity contribution in [1.29, 1.82) is 0 Å². The Morgan fingerprint density at radius 3 is 2.80 bits per heavy atom. The molecule has 0 radical (unpaired) electrons. The van der Waals surface area contributed by atoms with Crippen molar-refractivity contribution >= 4 is 23.9 Å². The van der Waals surface area contributed by atoms with Gasteiger partial charge in [-0.2, -0.15) is 0 Å². The smallest absolute Gasteiger partial charge is 0.175 e. The summed E-state index contributed by atoms with van der Waals surface area (Å²) < 4.78 is 5.00. The van der Waals surface area contributed by atoms with Crippen LogP contribution in [0.15, 0.2) is 59.8 Å². The fraction of sp³-hybridized carbons (Fsp3) is 0.0625. The fourth-order valence-corrected chi connectivity index (χ4v) is 1.92. The molecule has 4 heteroatoms. The van der Waals surface area contributed by atoms with E-state index in [9.17, 15) is 0 Å². The second-order valence-electron chi connectivity index (χ2n) is 4.28. The van der Waals surface area contributed by atoms with Crippen LogP contribution in [0.3, 0.4) is 0 Å². The zero-order chi connectivity index (χ0) is 13.6. The first kappa shape index (κ1) is 12.3. The van der Waals surface area contributed by atoms with Crippen molar-refractivity contribution in [1.82, 2.24) is 0 Å². The van der Waals surface area contributed by atoms with E-state index in [0.717, 1.165) is 22.5 Å². The molecule has 2 aromatic carbocycles. The number of rotatable bonds is 0. The van der Waals surface area contributed by atoms with Gasteiger partial charge in [0, 0.05) is 12.6 Å². The lowest BCUT2D eigenvalue weighted by Crippen LogP contribution is -2.00. The van der Waals surface area contributed by atoms with Crippen molar-refractivity contribution < 1.29 is 11.0 Å². The fourth-order valence-electron chi connectivity index (χ4n) is 1.92. The molecule has 2 aliphatic heterocycles. The molecule has 4 rings (SSSR count). The lowest BCUT2D eigenvalue weighted by atomic mass is 10.2. The lowest BCUT2D eigenvalue weighted by molar-refractivity contribution is 0.303. The van der Waals surface area contributed by atoms with E-state index < -0.39 is 0 Å². The van der Waals surface area contributed by atoms with Crippen LogP contribution < -0.4 is 5.48 Å². The standard InChI is InChI=1S/2C8H7NO.H2/c1-2-4-8-7(3-1)5-10-6-9-8;1-2-4-8-7(3-1)5-6-10-9-8;/h1-4,6H,5H2;1-6,9H;1H. The molecule has 102 valence electrons. The summed E-state index contributed by atoms with van der Waals surface area (Å²) in [6.07, 6.45) is 5.04. The van der Waals surface area contributed by atoms with Gasteiger partial charge >= 0.3 is 0 Å². The number of hydrogen-bond acceptors (Lipinski definition) is 4. The monoisotopic (exact) mass is 268 g/mol. The van der Waals surface area contributed by atoms with E-state index in [1.807, 2.05) is 54.6 Å². The van der Waals surface area contributed by atoms with E-state index >= 15 is 0 Å². The van der Waals surface area contributed by atoms with Gasteiger partial charge in [0.15, 0.2) is 6.40 Å². The molecule has 0 amide bonds. The number of nitrogens with zero attached hydrogens (tertiary/aromatic N) is 1. The zero-order valence-corrected chi connectivity index (χ0v) is 10.8. The van der Waals surface area contributed by atoms with Crippen LogP contribution >= 0.6 is 0 Å². The Hall–Kier alpha value is -2.75. The minimum Gasteiger partial charge on any atom is -0.478 e. The van der Waals surface area contributed by atoms with Crippen molar-refractivity contribution in [3.8, 4) is 0 Å². The number of nitrogens with one attached hydrogen (secondary N) is 1. The van der Waals surface area contributed by atoms with Crippen molar-refractivity contribution in [3.05, 3.63) is 65.9 Å². The van der Waals surface area contributed by atoms with Crippen LogP contribution in [0.5, 0.6) is 0 Å². The molecule has 2 aliphatic rings. The highest BCUT2D eigenvalue weighted by molar-refractivity contribution is 5.66. The summed E-state index contributed by atoms with van der Waals surface area (Å²) in [6.45, 7) is 0.652. The van der Waals surface area contributed by atoms with Gasteiger partial charge < -0.3 is 9.57 Å². The highest BCUT2D eigenvalue weighted by Gasteiger charge is 2.02. The van der Waals surface area contributed by atoms with Crippen molar-refractivity contribution in [2.75, 3.05) is 5.48 Å². The summed E-state index contributed by atoms with van der Waals surface area (Å²) in [6, 6.07) is 15.9. The van der Waals surface area contributed by atoms with E-state index in [-0.39, 0.29) is 1.43 Å². The van der Waals surface area contributed by atoms with Gasteiger partial charge in [-0.1, -0.05) is 36.4 Å². The van der Waals surface area contributed by atoms with E-state index in [1.165, 1.54) is 6.40 Å². The number of fused-ring (bicyclic) bond motifs is 2. The largest absolute Gasteiger partial charge is 0.478 e. The maximum Gasteiger partial charge on any atom is 0.175 e. The lowest BCUT2D eigenvalue weighted by Gasteiger charge is -2.11. The molecule has 1 N–H and O–H groups in total.